The number of ether oxygens (including phenoxy) is 1. The van der Waals surface area contributed by atoms with Crippen molar-refractivity contribution >= 4 is 31.9 Å². The van der Waals surface area contributed by atoms with Gasteiger partial charge in [-0.05, 0) is 47.0 Å². The number of hydrogen-bond acceptors (Lipinski definition) is 4. The number of sulfonamides is 1. The fourth-order valence-corrected chi connectivity index (χ4v) is 4.60. The predicted molar refractivity (Wildman–Crippen MR) is 79.9 cm³/mol. The summed E-state index contributed by atoms with van der Waals surface area (Å²) in [6.45, 7) is 0. The maximum absolute atomic E-state index is 12.4. The van der Waals surface area contributed by atoms with Crippen LogP contribution in [0.4, 0.5) is 0 Å². The summed E-state index contributed by atoms with van der Waals surface area (Å²) < 4.78 is 32.7. The second-order valence-electron chi connectivity index (χ2n) is 5.00. The molecule has 0 amide bonds. The lowest BCUT2D eigenvalue weighted by molar-refractivity contribution is -0.143. The summed E-state index contributed by atoms with van der Waals surface area (Å²) in [6, 6.07) is 4.29. The van der Waals surface area contributed by atoms with Gasteiger partial charge in [0, 0.05) is 0 Å². The van der Waals surface area contributed by atoms with Gasteiger partial charge < -0.3 is 9.84 Å². The number of methoxy groups -OCH3 is 1. The summed E-state index contributed by atoms with van der Waals surface area (Å²) in [4.78, 5) is 11.4. The number of halogens is 1. The van der Waals surface area contributed by atoms with Gasteiger partial charge in [-0.1, -0.05) is 12.8 Å². The Morgan fingerprint density at radius 1 is 1.38 bits per heavy atom. The first-order valence-electron chi connectivity index (χ1n) is 6.42. The summed E-state index contributed by atoms with van der Waals surface area (Å²) in [5.74, 6) is -0.626. The lowest BCUT2D eigenvalue weighted by Crippen LogP contribution is -2.52. The minimum atomic E-state index is -3.91. The smallest absolute Gasteiger partial charge is 0.324 e. The normalized spacial score (nSPS) is 17.6. The van der Waals surface area contributed by atoms with Crippen LogP contribution in [0, 0.1) is 0 Å². The lowest BCUT2D eigenvalue weighted by Gasteiger charge is -2.25. The van der Waals surface area contributed by atoms with E-state index in [9.17, 15) is 18.3 Å². The molecule has 0 saturated heterocycles. The third-order valence-corrected chi connectivity index (χ3v) is 5.78. The molecule has 1 fully saturated rings. The van der Waals surface area contributed by atoms with Gasteiger partial charge in [0.25, 0.3) is 0 Å². The monoisotopic (exact) mass is 377 g/mol. The minimum Gasteiger partial charge on any atom is -0.496 e. The van der Waals surface area contributed by atoms with Crippen molar-refractivity contribution in [1.29, 1.82) is 0 Å². The molecule has 0 unspecified atom stereocenters. The Labute approximate surface area is 131 Å². The van der Waals surface area contributed by atoms with Gasteiger partial charge in [-0.3, -0.25) is 4.79 Å². The molecular weight excluding hydrogens is 362 g/mol. The highest BCUT2D eigenvalue weighted by atomic mass is 79.9. The van der Waals surface area contributed by atoms with Crippen molar-refractivity contribution in [3.05, 3.63) is 22.7 Å². The Morgan fingerprint density at radius 3 is 2.48 bits per heavy atom. The number of rotatable bonds is 5. The quantitative estimate of drug-likeness (QED) is 0.819. The van der Waals surface area contributed by atoms with E-state index in [2.05, 4.69) is 20.7 Å². The molecule has 1 aliphatic carbocycles. The first kappa shape index (κ1) is 16.3. The maximum atomic E-state index is 12.4. The third kappa shape index (κ3) is 3.22. The first-order chi connectivity index (χ1) is 9.81. The van der Waals surface area contributed by atoms with Crippen molar-refractivity contribution in [1.82, 2.24) is 4.72 Å². The number of benzene rings is 1. The van der Waals surface area contributed by atoms with Crippen molar-refractivity contribution in [3.8, 4) is 5.75 Å². The van der Waals surface area contributed by atoms with Gasteiger partial charge in [0.2, 0.25) is 10.0 Å². The summed E-state index contributed by atoms with van der Waals surface area (Å²) in [7, 11) is -2.43. The number of carboxylic acid groups (broad SMARTS) is 1. The molecule has 6 nitrogen and oxygen atoms in total. The van der Waals surface area contributed by atoms with Crippen LogP contribution in [0.25, 0.3) is 0 Å². The van der Waals surface area contributed by atoms with Gasteiger partial charge in [-0.15, -0.1) is 0 Å². The highest BCUT2D eigenvalue weighted by Crippen LogP contribution is 2.33. The minimum absolute atomic E-state index is 0.00250. The van der Waals surface area contributed by atoms with Crippen molar-refractivity contribution < 1.29 is 23.1 Å². The molecule has 1 aromatic rings. The molecule has 1 saturated carbocycles. The first-order valence-corrected chi connectivity index (χ1v) is 8.69. The van der Waals surface area contributed by atoms with E-state index >= 15 is 0 Å². The summed E-state index contributed by atoms with van der Waals surface area (Å²) in [5.41, 5.74) is -1.40. The van der Waals surface area contributed by atoms with Crippen LogP contribution in [-0.2, 0) is 14.8 Å². The lowest BCUT2D eigenvalue weighted by atomic mass is 10.0. The highest BCUT2D eigenvalue weighted by molar-refractivity contribution is 9.10. The van der Waals surface area contributed by atoms with Crippen molar-refractivity contribution in [3.63, 3.8) is 0 Å². The van der Waals surface area contributed by atoms with Crippen molar-refractivity contribution in [2.75, 3.05) is 7.11 Å². The van der Waals surface area contributed by atoms with E-state index in [0.29, 0.717) is 35.9 Å². The van der Waals surface area contributed by atoms with E-state index in [1.807, 2.05) is 0 Å². The molecule has 1 aromatic carbocycles. The SMILES string of the molecule is COc1ccc(S(=O)(=O)NC2(C(=O)O)CCCC2)cc1Br. The van der Waals surface area contributed by atoms with E-state index in [1.165, 1.54) is 25.3 Å². The average Bonchev–Trinajstić information content (AvgIpc) is 2.87. The molecule has 0 atom stereocenters. The summed E-state index contributed by atoms with van der Waals surface area (Å²) in [6.07, 6.45) is 2.00. The van der Waals surface area contributed by atoms with E-state index in [1.54, 1.807) is 0 Å². The number of carbonyl (C=O) groups is 1. The van der Waals surface area contributed by atoms with Crippen LogP contribution in [-0.4, -0.2) is 32.1 Å². The largest absolute Gasteiger partial charge is 0.496 e. The molecule has 0 aromatic heterocycles. The molecule has 2 rings (SSSR count). The predicted octanol–water partition coefficient (Wildman–Crippen LogP) is 2.13. The molecule has 0 aliphatic heterocycles. The summed E-state index contributed by atoms with van der Waals surface area (Å²) in [5, 5.41) is 9.35. The third-order valence-electron chi connectivity index (χ3n) is 3.63. The Bertz CT molecular complexity index is 653. The Kier molecular flexibility index (Phi) is 4.60. The van der Waals surface area contributed by atoms with Gasteiger partial charge in [-0.2, -0.15) is 4.72 Å². The van der Waals surface area contributed by atoms with Gasteiger partial charge >= 0.3 is 5.97 Å². The molecule has 21 heavy (non-hydrogen) atoms. The van der Waals surface area contributed by atoms with Crippen LogP contribution < -0.4 is 9.46 Å². The molecule has 0 radical (unpaired) electrons. The Balaban J connectivity index is 2.34. The van der Waals surface area contributed by atoms with Crippen LogP contribution in [0.1, 0.15) is 25.7 Å². The molecule has 116 valence electrons. The highest BCUT2D eigenvalue weighted by Gasteiger charge is 2.44. The Hall–Kier alpha value is -1.12. The van der Waals surface area contributed by atoms with Crippen LogP contribution in [0.5, 0.6) is 5.75 Å². The average molecular weight is 378 g/mol. The number of nitrogens with one attached hydrogen (secondary N) is 1. The molecule has 0 bridgehead atoms. The maximum Gasteiger partial charge on any atom is 0.324 e. The van der Waals surface area contributed by atoms with Crippen LogP contribution >= 0.6 is 15.9 Å². The molecule has 0 spiro atoms. The molecular formula is C13H16BrNO5S. The zero-order valence-electron chi connectivity index (χ0n) is 11.4. The van der Waals surface area contributed by atoms with E-state index in [0.717, 1.165) is 0 Å². The van der Waals surface area contributed by atoms with Gasteiger partial charge in [0.05, 0.1) is 16.5 Å². The number of aliphatic carboxylic acids is 1. The van der Waals surface area contributed by atoms with Gasteiger partial charge in [0.15, 0.2) is 0 Å². The molecule has 1 aliphatic rings. The zero-order valence-corrected chi connectivity index (χ0v) is 13.8. The molecule has 8 heteroatoms. The molecule has 0 heterocycles. The fourth-order valence-electron chi connectivity index (χ4n) is 2.47. The summed E-state index contributed by atoms with van der Waals surface area (Å²) >= 11 is 3.22. The topological polar surface area (TPSA) is 92.7 Å². The van der Waals surface area contributed by atoms with Crippen molar-refractivity contribution in [2.24, 2.45) is 0 Å². The van der Waals surface area contributed by atoms with Gasteiger partial charge in [-0.25, -0.2) is 8.42 Å². The fraction of sp³-hybridized carbons (Fsp3) is 0.462. The van der Waals surface area contributed by atoms with Crippen molar-refractivity contribution in [2.45, 2.75) is 36.1 Å². The van der Waals surface area contributed by atoms with Gasteiger partial charge in [0.1, 0.15) is 11.3 Å². The van der Waals surface area contributed by atoms with E-state index < -0.39 is 21.5 Å². The van der Waals surface area contributed by atoms with E-state index in [4.69, 9.17) is 4.74 Å². The zero-order chi connectivity index (χ0) is 15.7. The standard InChI is InChI=1S/C13H16BrNO5S/c1-20-11-5-4-9(8-10(11)14)21(18,19)15-13(12(16)17)6-2-3-7-13/h4-5,8,15H,2-3,6-7H2,1H3,(H,16,17). The number of hydrogen-bond donors (Lipinski definition) is 2. The second-order valence-corrected chi connectivity index (χ2v) is 7.53. The van der Waals surface area contributed by atoms with Crippen LogP contribution in [0.3, 0.4) is 0 Å². The Morgan fingerprint density at radius 2 is 2.00 bits per heavy atom. The molecule has 2 N–H and O–H groups in total. The van der Waals surface area contributed by atoms with Crippen LogP contribution in [0.15, 0.2) is 27.6 Å². The van der Waals surface area contributed by atoms with Crippen LogP contribution in [0.2, 0.25) is 0 Å². The van der Waals surface area contributed by atoms with E-state index in [-0.39, 0.29) is 4.90 Å². The second kappa shape index (κ2) is 5.94. The number of carboxylic acids is 1.